The monoisotopic (exact) mass is 553 g/mol. The Bertz CT molecular complexity index is 1720. The van der Waals surface area contributed by atoms with Crippen molar-refractivity contribution >= 4 is 40.4 Å². The molecule has 0 radical (unpaired) electrons. The van der Waals surface area contributed by atoms with Crippen LogP contribution in [-0.4, -0.2) is 46.2 Å². The molecule has 1 N–H and O–H groups in total. The number of phenolic OH excluding ortho intramolecular Hbond substituents is 1. The quantitative estimate of drug-likeness (QED) is 0.262. The second-order valence-electron chi connectivity index (χ2n) is 8.71. The van der Waals surface area contributed by atoms with Crippen LogP contribution >= 0.6 is 11.3 Å². The Labute approximate surface area is 224 Å². The lowest BCUT2D eigenvalue weighted by atomic mass is 9.95. The summed E-state index contributed by atoms with van der Waals surface area (Å²) in [6.45, 7) is 3.39. The van der Waals surface area contributed by atoms with E-state index >= 15 is 0 Å². The van der Waals surface area contributed by atoms with Gasteiger partial charge >= 0.3 is 11.7 Å². The Morgan fingerprint density at radius 1 is 1.21 bits per heavy atom. The highest BCUT2D eigenvalue weighted by Gasteiger charge is 2.33. The number of rotatable bonds is 7. The van der Waals surface area contributed by atoms with E-state index in [2.05, 4.69) is 4.99 Å². The highest BCUT2D eigenvalue weighted by atomic mass is 32.1. The molecule has 4 rings (SSSR count). The molecule has 1 atom stereocenters. The maximum Gasteiger partial charge on any atom is 0.338 e. The first-order valence-electron chi connectivity index (χ1n) is 11.6. The van der Waals surface area contributed by atoms with Gasteiger partial charge in [0.15, 0.2) is 4.80 Å². The topological polar surface area (TPSA) is 170 Å². The molecule has 2 aromatic carbocycles. The van der Waals surface area contributed by atoms with Crippen molar-refractivity contribution in [1.29, 1.82) is 0 Å². The van der Waals surface area contributed by atoms with Crippen molar-refractivity contribution in [1.82, 2.24) is 4.57 Å². The third-order valence-electron chi connectivity index (χ3n) is 6.04. The molecule has 0 unspecified atom stereocenters. The molecule has 13 nitrogen and oxygen atoms in total. The fourth-order valence-corrected chi connectivity index (χ4v) is 5.22. The molecular weight excluding hydrogens is 530 g/mol. The zero-order valence-electron chi connectivity index (χ0n) is 21.3. The summed E-state index contributed by atoms with van der Waals surface area (Å²) in [6, 6.07) is 7.92. The number of fused-ring (bicyclic) bond motifs is 1. The molecule has 0 fully saturated rings. The predicted octanol–water partition coefficient (Wildman–Crippen LogP) is 2.39. The fourth-order valence-electron chi connectivity index (χ4n) is 4.18. The summed E-state index contributed by atoms with van der Waals surface area (Å²) in [7, 11) is 3.75. The zero-order chi connectivity index (χ0) is 28.6. The van der Waals surface area contributed by atoms with Crippen molar-refractivity contribution in [2.75, 3.05) is 25.6 Å². The van der Waals surface area contributed by atoms with Gasteiger partial charge < -0.3 is 14.7 Å². The van der Waals surface area contributed by atoms with Crippen molar-refractivity contribution in [3.8, 4) is 5.75 Å². The number of nitro groups is 2. The molecular formula is C25H23N5O8S. The van der Waals surface area contributed by atoms with E-state index in [4.69, 9.17) is 4.74 Å². The summed E-state index contributed by atoms with van der Waals surface area (Å²) < 4.78 is 6.57. The van der Waals surface area contributed by atoms with Gasteiger partial charge in [-0.1, -0.05) is 23.5 Å². The van der Waals surface area contributed by atoms with Crippen LogP contribution in [0.5, 0.6) is 5.75 Å². The number of allylic oxidation sites excluding steroid dienone is 1. The zero-order valence-corrected chi connectivity index (χ0v) is 22.1. The lowest BCUT2D eigenvalue weighted by Gasteiger charge is -2.25. The van der Waals surface area contributed by atoms with Gasteiger partial charge in [-0.05, 0) is 37.6 Å². The second kappa shape index (κ2) is 10.5. The smallest absolute Gasteiger partial charge is 0.338 e. The molecule has 1 aliphatic rings. The number of hydrogen-bond donors (Lipinski definition) is 1. The van der Waals surface area contributed by atoms with E-state index in [9.17, 15) is 34.9 Å². The predicted molar refractivity (Wildman–Crippen MR) is 143 cm³/mol. The van der Waals surface area contributed by atoms with Crippen LogP contribution in [0.4, 0.5) is 17.1 Å². The van der Waals surface area contributed by atoms with Crippen LogP contribution < -0.4 is 19.8 Å². The molecule has 202 valence electrons. The number of carbonyl (C=O) groups is 1. The average molecular weight is 554 g/mol. The first-order chi connectivity index (χ1) is 18.4. The molecule has 0 bridgehead atoms. The highest BCUT2D eigenvalue weighted by Crippen LogP contribution is 2.35. The molecule has 2 heterocycles. The van der Waals surface area contributed by atoms with Crippen molar-refractivity contribution < 1.29 is 24.5 Å². The maximum atomic E-state index is 13.7. The largest absolute Gasteiger partial charge is 0.502 e. The van der Waals surface area contributed by atoms with E-state index in [1.54, 1.807) is 26.0 Å². The minimum absolute atomic E-state index is 0.00772. The number of phenols is 1. The van der Waals surface area contributed by atoms with Crippen LogP contribution in [0.2, 0.25) is 0 Å². The molecule has 0 saturated carbocycles. The number of benzene rings is 2. The number of carbonyl (C=O) groups excluding carboxylic acids is 1. The van der Waals surface area contributed by atoms with Gasteiger partial charge in [0.2, 0.25) is 5.75 Å². The van der Waals surface area contributed by atoms with Crippen molar-refractivity contribution in [3.63, 3.8) is 0 Å². The van der Waals surface area contributed by atoms with Crippen LogP contribution in [0.25, 0.3) is 6.08 Å². The average Bonchev–Trinajstić information content (AvgIpc) is 3.18. The third kappa shape index (κ3) is 5.01. The van der Waals surface area contributed by atoms with E-state index in [1.165, 1.54) is 4.57 Å². The first-order valence-corrected chi connectivity index (χ1v) is 12.4. The first kappa shape index (κ1) is 27.2. The van der Waals surface area contributed by atoms with Crippen LogP contribution in [0.1, 0.15) is 31.0 Å². The lowest BCUT2D eigenvalue weighted by Crippen LogP contribution is -2.39. The Morgan fingerprint density at radius 2 is 1.87 bits per heavy atom. The number of ether oxygens (including phenoxy) is 1. The van der Waals surface area contributed by atoms with Gasteiger partial charge in [0.1, 0.15) is 0 Å². The Kier molecular flexibility index (Phi) is 7.31. The summed E-state index contributed by atoms with van der Waals surface area (Å²) in [5, 5.41) is 33.1. The summed E-state index contributed by atoms with van der Waals surface area (Å²) in [6.07, 6.45) is 1.13. The number of nitrogens with zero attached hydrogens (tertiary/aromatic N) is 5. The molecule has 14 heteroatoms. The van der Waals surface area contributed by atoms with Crippen molar-refractivity contribution in [3.05, 3.63) is 98.7 Å². The molecule has 0 spiro atoms. The van der Waals surface area contributed by atoms with Gasteiger partial charge in [0.05, 0.1) is 44.4 Å². The SMILES string of the molecule is CCOC(=O)C1=C(C)N=c2s/c(=C\c3cc([N+](=O)[O-])cc([N+](=O)[O-])c3O)c(=O)n2[C@@H]1c1ccc(N(C)C)cc1. The van der Waals surface area contributed by atoms with E-state index in [1.807, 2.05) is 31.1 Å². The summed E-state index contributed by atoms with van der Waals surface area (Å²) in [5.41, 5.74) is -0.372. The van der Waals surface area contributed by atoms with Crippen molar-refractivity contribution in [2.24, 2.45) is 4.99 Å². The van der Waals surface area contributed by atoms with Crippen molar-refractivity contribution in [2.45, 2.75) is 19.9 Å². The molecule has 0 amide bonds. The summed E-state index contributed by atoms with van der Waals surface area (Å²) in [4.78, 5) is 54.2. The van der Waals surface area contributed by atoms with E-state index < -0.39 is 44.5 Å². The van der Waals surface area contributed by atoms with Gasteiger partial charge in [0.25, 0.3) is 11.2 Å². The summed E-state index contributed by atoms with van der Waals surface area (Å²) >= 11 is 0.914. The van der Waals surface area contributed by atoms with E-state index in [0.29, 0.717) is 17.3 Å². The number of thiazole rings is 1. The van der Waals surface area contributed by atoms with E-state index in [-0.39, 0.29) is 27.1 Å². The molecule has 3 aromatic rings. The number of aromatic nitrogens is 1. The Morgan fingerprint density at radius 3 is 2.44 bits per heavy atom. The number of hydrogen-bond acceptors (Lipinski definition) is 11. The number of anilines is 1. The minimum Gasteiger partial charge on any atom is -0.502 e. The molecule has 1 aromatic heterocycles. The molecule has 39 heavy (non-hydrogen) atoms. The maximum absolute atomic E-state index is 13.7. The Hall–Kier alpha value is -4.85. The minimum atomic E-state index is -0.951. The molecule has 0 saturated heterocycles. The number of nitro benzene ring substituents is 2. The highest BCUT2D eigenvalue weighted by molar-refractivity contribution is 7.07. The van der Waals surface area contributed by atoms with Gasteiger partial charge in [0, 0.05) is 31.4 Å². The number of aromatic hydroxyl groups is 1. The summed E-state index contributed by atoms with van der Waals surface area (Å²) in [5.74, 6) is -1.46. The normalized spacial score (nSPS) is 15.0. The van der Waals surface area contributed by atoms with Gasteiger partial charge in [-0.15, -0.1) is 0 Å². The van der Waals surface area contributed by atoms with Gasteiger partial charge in [-0.25, -0.2) is 9.79 Å². The van der Waals surface area contributed by atoms with Crippen LogP contribution in [0.3, 0.4) is 0 Å². The van der Waals surface area contributed by atoms with Crippen LogP contribution in [-0.2, 0) is 9.53 Å². The Balaban J connectivity index is 1.98. The fraction of sp³-hybridized carbons (Fsp3) is 0.240. The van der Waals surface area contributed by atoms with Crippen LogP contribution in [0, 0.1) is 20.2 Å². The van der Waals surface area contributed by atoms with Gasteiger partial charge in [-0.2, -0.15) is 0 Å². The standard InChI is InChI=1S/C25H23N5O8S/c1-5-38-24(33)20-13(2)26-25-28(21(20)14-6-8-16(9-7-14)27(3)4)23(32)19(39-25)11-15-10-17(29(34)35)12-18(22(15)31)30(36)37/h6-12,21,31H,5H2,1-4H3/b19-11-/t21-/m1/s1. The lowest BCUT2D eigenvalue weighted by molar-refractivity contribution is -0.394. The number of non-ortho nitro benzene ring substituents is 1. The van der Waals surface area contributed by atoms with Gasteiger partial charge in [-0.3, -0.25) is 29.6 Å². The molecule has 0 aliphatic carbocycles. The van der Waals surface area contributed by atoms with E-state index in [0.717, 1.165) is 29.2 Å². The molecule has 1 aliphatic heterocycles. The number of esters is 1. The third-order valence-corrected chi connectivity index (χ3v) is 7.02. The second-order valence-corrected chi connectivity index (χ2v) is 9.71. The van der Waals surface area contributed by atoms with Crippen LogP contribution in [0.15, 0.2) is 57.5 Å².